The molecule has 4 rings (SSSR count). The third kappa shape index (κ3) is 2.93. The predicted octanol–water partition coefficient (Wildman–Crippen LogP) is 0.921. The molecular weight excluding hydrogens is 350 g/mol. The zero-order valence-electron chi connectivity index (χ0n) is 15.4. The largest absolute Gasteiger partial charge is 0.480 e. The van der Waals surface area contributed by atoms with Crippen LogP contribution in [0, 0.1) is 17.8 Å². The first-order chi connectivity index (χ1) is 12.9. The maximum absolute atomic E-state index is 12.7. The van der Waals surface area contributed by atoms with Crippen molar-refractivity contribution in [3.8, 4) is 0 Å². The van der Waals surface area contributed by atoms with E-state index in [1.54, 1.807) is 0 Å². The molecule has 2 N–H and O–H groups in total. The van der Waals surface area contributed by atoms with E-state index in [-0.39, 0.29) is 30.2 Å². The van der Waals surface area contributed by atoms with Crippen molar-refractivity contribution in [1.29, 1.82) is 0 Å². The van der Waals surface area contributed by atoms with Crippen molar-refractivity contribution in [2.45, 2.75) is 44.8 Å². The Balaban J connectivity index is 1.61. The van der Waals surface area contributed by atoms with Gasteiger partial charge < -0.3 is 14.9 Å². The number of hydrogen-bond donors (Lipinski definition) is 2. The molecule has 0 aromatic heterocycles. The van der Waals surface area contributed by atoms with Crippen molar-refractivity contribution in [2.75, 3.05) is 19.7 Å². The maximum Gasteiger partial charge on any atom is 0.320 e. The number of aliphatic carboxylic acids is 1. The Hall–Kier alpha value is -1.99. The second kappa shape index (κ2) is 6.87. The predicted molar refractivity (Wildman–Crippen MR) is 94.7 cm³/mol. The van der Waals surface area contributed by atoms with Crippen molar-refractivity contribution < 1.29 is 29.3 Å². The highest BCUT2D eigenvalue weighted by molar-refractivity contribution is 6.09. The number of fused-ring (bicyclic) bond motifs is 3. The summed E-state index contributed by atoms with van der Waals surface area (Å²) in [7, 11) is 0. The number of carbonyl (C=O) groups is 3. The molecule has 0 saturated carbocycles. The highest BCUT2D eigenvalue weighted by Gasteiger charge is 2.53. The molecule has 2 aliphatic heterocycles. The number of ketones is 1. The minimum absolute atomic E-state index is 0.0779. The topological polar surface area (TPSA) is 104 Å². The molecule has 0 radical (unpaired) electrons. The van der Waals surface area contributed by atoms with E-state index in [1.807, 2.05) is 11.8 Å². The average Bonchev–Trinajstić information content (AvgIpc) is 3.27. The molecule has 146 valence electrons. The number of aliphatic hydroxyl groups is 1. The second-order valence-electron chi connectivity index (χ2n) is 8.12. The van der Waals surface area contributed by atoms with E-state index in [4.69, 9.17) is 4.74 Å². The fourth-order valence-electron chi connectivity index (χ4n) is 5.37. The summed E-state index contributed by atoms with van der Waals surface area (Å²) in [5, 5.41) is 19.1. The summed E-state index contributed by atoms with van der Waals surface area (Å²) < 4.78 is 5.76. The summed E-state index contributed by atoms with van der Waals surface area (Å²) in [5.41, 5.74) is 2.28. The number of allylic oxidation sites excluding steroid dienone is 2. The molecule has 0 bridgehead atoms. The average molecular weight is 375 g/mol. The van der Waals surface area contributed by atoms with Crippen LogP contribution in [0.25, 0.3) is 0 Å². The molecule has 0 aromatic carbocycles. The molecule has 2 heterocycles. The van der Waals surface area contributed by atoms with Gasteiger partial charge in [0.2, 0.25) is 0 Å². The van der Waals surface area contributed by atoms with E-state index >= 15 is 0 Å². The normalized spacial score (nSPS) is 36.4. The molecule has 5 atom stereocenters. The van der Waals surface area contributed by atoms with Gasteiger partial charge in [0.1, 0.15) is 12.1 Å². The standard InChI is InChI=1S/C20H25NO6/c1-10-4-5-12-13(8-21-6-2-3-14(21)19(24)25)20(26)27-18(12)17-11(9-22)7-15(23)16(10)17/h7,12-14,17-18,22H,2-6,8-9H2,1H3,(H,24,25)/t12-,13-,14+,17-,18-/m0/s1. The van der Waals surface area contributed by atoms with Gasteiger partial charge in [-0.1, -0.05) is 5.57 Å². The van der Waals surface area contributed by atoms with Crippen molar-refractivity contribution >= 4 is 17.7 Å². The zero-order chi connectivity index (χ0) is 19.3. The number of carboxylic acids is 1. The second-order valence-corrected chi connectivity index (χ2v) is 8.12. The Morgan fingerprint density at radius 3 is 2.81 bits per heavy atom. The summed E-state index contributed by atoms with van der Waals surface area (Å²) in [4.78, 5) is 38.5. The first kappa shape index (κ1) is 18.4. The van der Waals surface area contributed by atoms with Crippen LogP contribution >= 0.6 is 0 Å². The molecule has 27 heavy (non-hydrogen) atoms. The summed E-state index contributed by atoms with van der Waals surface area (Å²) >= 11 is 0. The van der Waals surface area contributed by atoms with E-state index < -0.39 is 24.0 Å². The lowest BCUT2D eigenvalue weighted by Gasteiger charge is -2.28. The van der Waals surface area contributed by atoms with Crippen LogP contribution < -0.4 is 0 Å². The minimum atomic E-state index is -0.844. The Kier molecular flexibility index (Phi) is 4.68. The van der Waals surface area contributed by atoms with E-state index in [0.717, 1.165) is 18.4 Å². The molecule has 0 amide bonds. The third-order valence-corrected chi connectivity index (χ3v) is 6.69. The van der Waals surface area contributed by atoms with Crippen molar-refractivity contribution in [3.63, 3.8) is 0 Å². The monoisotopic (exact) mass is 375 g/mol. The Morgan fingerprint density at radius 2 is 2.11 bits per heavy atom. The van der Waals surface area contributed by atoms with Gasteiger partial charge in [-0.25, -0.2) is 0 Å². The van der Waals surface area contributed by atoms with E-state index in [9.17, 15) is 24.6 Å². The van der Waals surface area contributed by atoms with E-state index in [0.29, 0.717) is 37.1 Å². The number of aliphatic hydroxyl groups excluding tert-OH is 1. The van der Waals surface area contributed by atoms with Gasteiger partial charge in [-0.15, -0.1) is 0 Å². The number of nitrogens with zero attached hydrogens (tertiary/aromatic N) is 1. The molecule has 7 heteroatoms. The van der Waals surface area contributed by atoms with E-state index in [1.165, 1.54) is 6.08 Å². The highest BCUT2D eigenvalue weighted by atomic mass is 16.6. The molecule has 0 spiro atoms. The maximum atomic E-state index is 12.7. The number of hydrogen-bond acceptors (Lipinski definition) is 6. The molecule has 7 nitrogen and oxygen atoms in total. The minimum Gasteiger partial charge on any atom is -0.480 e. The SMILES string of the molecule is CC1=C2C(=O)C=C(CO)[C@@H]2[C@H]2OC(=O)[C@@H](CN3CCC[C@@H]3C(=O)O)[C@@H]2CC1. The quantitative estimate of drug-likeness (QED) is 0.704. The number of carbonyl (C=O) groups excluding carboxylic acids is 2. The number of ether oxygens (including phenoxy) is 1. The fraction of sp³-hybridized carbons (Fsp3) is 0.650. The molecule has 2 aliphatic carbocycles. The van der Waals surface area contributed by atoms with E-state index in [2.05, 4.69) is 0 Å². The van der Waals surface area contributed by atoms with Crippen LogP contribution in [0.1, 0.15) is 32.6 Å². The van der Waals surface area contributed by atoms with Gasteiger partial charge in [0.05, 0.1) is 12.5 Å². The number of likely N-dealkylation sites (tertiary alicyclic amines) is 1. The van der Waals surface area contributed by atoms with Gasteiger partial charge >= 0.3 is 11.9 Å². The summed E-state index contributed by atoms with van der Waals surface area (Å²) in [6.45, 7) is 2.76. The highest BCUT2D eigenvalue weighted by Crippen LogP contribution is 2.48. The number of rotatable bonds is 4. The van der Waals surface area contributed by atoms with Crippen LogP contribution in [0.5, 0.6) is 0 Å². The molecule has 2 fully saturated rings. The lowest BCUT2D eigenvalue weighted by atomic mass is 9.80. The molecule has 4 aliphatic rings. The summed E-state index contributed by atoms with van der Waals surface area (Å²) in [6, 6.07) is -0.543. The van der Waals surface area contributed by atoms with Gasteiger partial charge in [0, 0.05) is 24.0 Å². The number of esters is 1. The van der Waals surface area contributed by atoms with Crippen molar-refractivity contribution in [2.24, 2.45) is 17.8 Å². The van der Waals surface area contributed by atoms with Crippen LogP contribution in [-0.4, -0.2) is 64.7 Å². The number of carboxylic acid groups (broad SMARTS) is 1. The first-order valence-corrected chi connectivity index (χ1v) is 9.65. The van der Waals surface area contributed by atoms with Crippen LogP contribution in [0.3, 0.4) is 0 Å². The molecule has 0 unspecified atom stereocenters. The Bertz CT molecular complexity index is 754. The Labute approximate surface area is 157 Å². The van der Waals surface area contributed by atoms with Gasteiger partial charge in [-0.2, -0.15) is 0 Å². The lowest BCUT2D eigenvalue weighted by molar-refractivity contribution is -0.147. The zero-order valence-corrected chi connectivity index (χ0v) is 15.4. The summed E-state index contributed by atoms with van der Waals surface area (Å²) in [5.74, 6) is -2.08. The summed E-state index contributed by atoms with van der Waals surface area (Å²) in [6.07, 6.45) is 3.88. The van der Waals surface area contributed by atoms with Gasteiger partial charge in [0.25, 0.3) is 0 Å². The van der Waals surface area contributed by atoms with Crippen LogP contribution in [0.15, 0.2) is 22.8 Å². The van der Waals surface area contributed by atoms with Gasteiger partial charge in [-0.3, -0.25) is 19.3 Å². The van der Waals surface area contributed by atoms with Gasteiger partial charge in [-0.05, 0) is 50.8 Å². The fourth-order valence-corrected chi connectivity index (χ4v) is 5.37. The molecular formula is C20H25NO6. The third-order valence-electron chi connectivity index (χ3n) is 6.69. The molecule has 2 saturated heterocycles. The lowest BCUT2D eigenvalue weighted by Crippen LogP contribution is -2.42. The van der Waals surface area contributed by atoms with Crippen LogP contribution in [0.4, 0.5) is 0 Å². The van der Waals surface area contributed by atoms with Crippen LogP contribution in [-0.2, 0) is 19.1 Å². The van der Waals surface area contributed by atoms with Crippen LogP contribution in [0.2, 0.25) is 0 Å². The van der Waals surface area contributed by atoms with Crippen molar-refractivity contribution in [1.82, 2.24) is 4.90 Å². The smallest absolute Gasteiger partial charge is 0.320 e. The molecule has 0 aromatic rings. The van der Waals surface area contributed by atoms with Gasteiger partial charge in [0.15, 0.2) is 5.78 Å². The Morgan fingerprint density at radius 1 is 1.33 bits per heavy atom. The first-order valence-electron chi connectivity index (χ1n) is 9.65. The van der Waals surface area contributed by atoms with Crippen molar-refractivity contribution in [3.05, 3.63) is 22.8 Å².